The molecule has 0 bridgehead atoms. The highest BCUT2D eigenvalue weighted by atomic mass is 19.1. The van der Waals surface area contributed by atoms with Gasteiger partial charge in [-0.3, -0.25) is 14.7 Å². The van der Waals surface area contributed by atoms with Crippen molar-refractivity contribution in [3.8, 4) is 5.75 Å². The number of rotatable bonds is 7. The first-order chi connectivity index (χ1) is 15.0. The predicted molar refractivity (Wildman–Crippen MR) is 112 cm³/mol. The van der Waals surface area contributed by atoms with E-state index >= 15 is 0 Å². The highest BCUT2D eigenvalue weighted by molar-refractivity contribution is 5.84. The Morgan fingerprint density at radius 2 is 2.26 bits per heavy atom. The number of aromatic nitrogens is 2. The molecule has 0 radical (unpaired) electrons. The van der Waals surface area contributed by atoms with E-state index in [1.165, 1.54) is 21.7 Å². The molecule has 1 aromatic carbocycles. The van der Waals surface area contributed by atoms with Crippen molar-refractivity contribution in [3.63, 3.8) is 0 Å². The number of cyclic esters (lactones) is 1. The normalized spacial score (nSPS) is 18.2. The molecule has 31 heavy (non-hydrogen) atoms. The molecule has 4 rings (SSSR count). The van der Waals surface area contributed by atoms with Crippen LogP contribution in [0.1, 0.15) is 5.56 Å². The SMILES string of the molecule is Cc1cc(F)c(OCCNC[C@H]2CN(C3=CN=CCN3)C(=O)O2)c2c1ncc(=O)n2C. The van der Waals surface area contributed by atoms with E-state index in [9.17, 15) is 14.0 Å². The molecule has 2 aliphatic rings. The van der Waals surface area contributed by atoms with E-state index in [2.05, 4.69) is 20.6 Å². The third-order valence-corrected chi connectivity index (χ3v) is 5.08. The maximum atomic E-state index is 14.5. The number of benzene rings is 1. The van der Waals surface area contributed by atoms with E-state index in [0.29, 0.717) is 48.6 Å². The number of amides is 1. The summed E-state index contributed by atoms with van der Waals surface area (Å²) in [7, 11) is 1.55. The summed E-state index contributed by atoms with van der Waals surface area (Å²) in [6.07, 6.45) is 3.73. The highest BCUT2D eigenvalue weighted by Crippen LogP contribution is 2.29. The largest absolute Gasteiger partial charge is 0.487 e. The zero-order valence-electron chi connectivity index (χ0n) is 17.2. The fraction of sp³-hybridized carbons (Fsp3) is 0.400. The number of nitrogens with zero attached hydrogens (tertiary/aromatic N) is 4. The van der Waals surface area contributed by atoms with Crippen molar-refractivity contribution in [3.05, 3.63) is 46.0 Å². The molecule has 3 heterocycles. The van der Waals surface area contributed by atoms with Crippen LogP contribution in [0.3, 0.4) is 0 Å². The molecule has 1 atom stereocenters. The van der Waals surface area contributed by atoms with Crippen molar-refractivity contribution >= 4 is 23.3 Å². The number of nitrogens with one attached hydrogen (secondary N) is 2. The third kappa shape index (κ3) is 4.22. The average Bonchev–Trinajstić information content (AvgIpc) is 3.13. The Morgan fingerprint density at radius 1 is 1.42 bits per heavy atom. The Bertz CT molecular complexity index is 1130. The van der Waals surface area contributed by atoms with Gasteiger partial charge in [0.2, 0.25) is 0 Å². The van der Waals surface area contributed by atoms with Gasteiger partial charge in [0.25, 0.3) is 5.56 Å². The van der Waals surface area contributed by atoms with Gasteiger partial charge in [-0.2, -0.15) is 0 Å². The molecule has 2 N–H and O–H groups in total. The van der Waals surface area contributed by atoms with Gasteiger partial charge in [-0.15, -0.1) is 0 Å². The molecule has 0 spiro atoms. The summed E-state index contributed by atoms with van der Waals surface area (Å²) in [5, 5.41) is 6.21. The van der Waals surface area contributed by atoms with Crippen LogP contribution < -0.4 is 20.9 Å². The number of carbonyl (C=O) groups is 1. The van der Waals surface area contributed by atoms with E-state index in [0.717, 1.165) is 0 Å². The van der Waals surface area contributed by atoms with Crippen LogP contribution in [0.5, 0.6) is 5.75 Å². The maximum Gasteiger partial charge on any atom is 0.415 e. The number of ether oxygens (including phenoxy) is 2. The smallest absolute Gasteiger partial charge is 0.415 e. The van der Waals surface area contributed by atoms with Crippen molar-refractivity contribution in [2.24, 2.45) is 12.0 Å². The van der Waals surface area contributed by atoms with Gasteiger partial charge < -0.3 is 24.7 Å². The number of aliphatic imine (C=N–C) groups is 1. The summed E-state index contributed by atoms with van der Waals surface area (Å²) in [4.78, 5) is 33.7. The van der Waals surface area contributed by atoms with E-state index in [1.807, 2.05) is 0 Å². The van der Waals surface area contributed by atoms with E-state index in [-0.39, 0.29) is 24.0 Å². The van der Waals surface area contributed by atoms with E-state index < -0.39 is 11.9 Å². The Hall–Kier alpha value is -3.47. The molecule has 1 aromatic heterocycles. The van der Waals surface area contributed by atoms with Gasteiger partial charge in [-0.1, -0.05) is 0 Å². The lowest BCUT2D eigenvalue weighted by atomic mass is 10.1. The number of halogens is 1. The predicted octanol–water partition coefficient (Wildman–Crippen LogP) is 0.643. The van der Waals surface area contributed by atoms with Gasteiger partial charge >= 0.3 is 6.09 Å². The summed E-state index contributed by atoms with van der Waals surface area (Å²) < 4.78 is 26.9. The zero-order chi connectivity index (χ0) is 22.0. The fourth-order valence-corrected chi connectivity index (χ4v) is 3.51. The lowest BCUT2D eigenvalue weighted by Crippen LogP contribution is -2.36. The lowest BCUT2D eigenvalue weighted by molar-refractivity contribution is 0.133. The molecule has 2 aromatic rings. The van der Waals surface area contributed by atoms with Crippen LogP contribution in [0.15, 0.2) is 34.1 Å². The minimum absolute atomic E-state index is 0.00978. The second-order valence-electron chi connectivity index (χ2n) is 7.25. The minimum Gasteiger partial charge on any atom is -0.487 e. The van der Waals surface area contributed by atoms with Gasteiger partial charge in [0.1, 0.15) is 24.0 Å². The molecule has 0 saturated carbocycles. The number of carbonyl (C=O) groups excluding carboxylic acids is 1. The number of hydrogen-bond donors (Lipinski definition) is 2. The van der Waals surface area contributed by atoms with Gasteiger partial charge in [0, 0.05) is 26.4 Å². The first-order valence-corrected chi connectivity index (χ1v) is 9.88. The number of hydrogen-bond acceptors (Lipinski definition) is 8. The number of fused-ring (bicyclic) bond motifs is 1. The second kappa shape index (κ2) is 8.72. The van der Waals surface area contributed by atoms with Crippen molar-refractivity contribution in [2.75, 3.05) is 32.8 Å². The van der Waals surface area contributed by atoms with E-state index in [1.54, 1.807) is 26.4 Å². The summed E-state index contributed by atoms with van der Waals surface area (Å²) in [6, 6.07) is 1.34. The summed E-state index contributed by atoms with van der Waals surface area (Å²) >= 11 is 0. The van der Waals surface area contributed by atoms with Crippen LogP contribution in [0, 0.1) is 12.7 Å². The van der Waals surface area contributed by atoms with Crippen LogP contribution in [0.25, 0.3) is 11.0 Å². The van der Waals surface area contributed by atoms with Gasteiger partial charge in [-0.05, 0) is 18.6 Å². The molecule has 1 saturated heterocycles. The molecule has 10 nitrogen and oxygen atoms in total. The van der Waals surface area contributed by atoms with Crippen LogP contribution >= 0.6 is 0 Å². The maximum absolute atomic E-state index is 14.5. The minimum atomic E-state index is -0.552. The first kappa shape index (κ1) is 20.8. The first-order valence-electron chi connectivity index (χ1n) is 9.88. The van der Waals surface area contributed by atoms with E-state index in [4.69, 9.17) is 9.47 Å². The molecule has 1 amide bonds. The zero-order valence-corrected chi connectivity index (χ0v) is 17.2. The van der Waals surface area contributed by atoms with Crippen LogP contribution in [-0.4, -0.2) is 65.6 Å². The summed E-state index contributed by atoms with van der Waals surface area (Å²) in [5.74, 6) is 0.0491. The number of aryl methyl sites for hydroxylation is 2. The average molecular weight is 430 g/mol. The Morgan fingerprint density at radius 3 is 3.03 bits per heavy atom. The summed E-state index contributed by atoms with van der Waals surface area (Å²) in [6.45, 7) is 3.64. The monoisotopic (exact) mass is 430 g/mol. The molecular formula is C20H23FN6O4. The standard InChI is InChI=1S/C20H23FN6O4/c1-12-7-14(21)19(18-17(12)25-10-16(28)26(18)2)30-6-5-23-8-13-11-27(20(29)31-13)15-9-22-3-4-24-15/h3,7,9-10,13,23-24H,4-6,8,11H2,1-2H3/t13-/m0/s1. The fourth-order valence-electron chi connectivity index (χ4n) is 3.51. The molecule has 164 valence electrons. The molecule has 0 unspecified atom stereocenters. The van der Waals surface area contributed by atoms with Crippen molar-refractivity contribution < 1.29 is 18.7 Å². The second-order valence-corrected chi connectivity index (χ2v) is 7.25. The molecule has 0 aliphatic carbocycles. The van der Waals surface area contributed by atoms with Gasteiger partial charge in [0.05, 0.1) is 31.0 Å². The Balaban J connectivity index is 1.33. The van der Waals surface area contributed by atoms with Crippen LogP contribution in [-0.2, 0) is 11.8 Å². The molecule has 1 fully saturated rings. The lowest BCUT2D eigenvalue weighted by Gasteiger charge is -2.19. The highest BCUT2D eigenvalue weighted by Gasteiger charge is 2.33. The molecular weight excluding hydrogens is 407 g/mol. The summed E-state index contributed by atoms with van der Waals surface area (Å²) in [5.41, 5.74) is 1.11. The van der Waals surface area contributed by atoms with Gasteiger partial charge in [-0.25, -0.2) is 14.2 Å². The Kier molecular flexibility index (Phi) is 5.85. The quantitative estimate of drug-likeness (QED) is 0.621. The Labute approximate surface area is 177 Å². The van der Waals surface area contributed by atoms with Gasteiger partial charge in [0.15, 0.2) is 11.6 Å². The van der Waals surface area contributed by atoms with Crippen LogP contribution in [0.2, 0.25) is 0 Å². The molecule has 2 aliphatic heterocycles. The third-order valence-electron chi connectivity index (χ3n) is 5.08. The molecule has 11 heteroatoms. The topological polar surface area (TPSA) is 110 Å². The van der Waals surface area contributed by atoms with Crippen molar-refractivity contribution in [1.29, 1.82) is 0 Å². The van der Waals surface area contributed by atoms with Crippen molar-refractivity contribution in [2.45, 2.75) is 13.0 Å². The van der Waals surface area contributed by atoms with Crippen LogP contribution in [0.4, 0.5) is 9.18 Å². The van der Waals surface area contributed by atoms with Crippen molar-refractivity contribution in [1.82, 2.24) is 25.1 Å².